The van der Waals surface area contributed by atoms with E-state index in [9.17, 15) is 13.2 Å². The average molecular weight is 249 g/mol. The van der Waals surface area contributed by atoms with Gasteiger partial charge in [0.25, 0.3) is 0 Å². The highest BCUT2D eigenvalue weighted by Gasteiger charge is 2.36. The molecule has 16 heavy (non-hydrogen) atoms. The van der Waals surface area contributed by atoms with Crippen molar-refractivity contribution in [2.45, 2.75) is 25.3 Å². The first-order valence-corrected chi connectivity index (χ1v) is 7.49. The van der Waals surface area contributed by atoms with Crippen molar-refractivity contribution in [2.24, 2.45) is 5.92 Å². The molecule has 0 bridgehead atoms. The molecule has 94 valence electrons. The molecule has 0 heterocycles. The van der Waals surface area contributed by atoms with Gasteiger partial charge in [-0.05, 0) is 31.7 Å². The van der Waals surface area contributed by atoms with Crippen molar-refractivity contribution in [1.82, 2.24) is 5.32 Å². The highest BCUT2D eigenvalue weighted by atomic mass is 32.2. The number of carbonyl (C=O) groups is 1. The Bertz CT molecular complexity index is 335. The first-order valence-electron chi connectivity index (χ1n) is 5.43. The van der Waals surface area contributed by atoms with E-state index in [1.54, 1.807) is 0 Å². The summed E-state index contributed by atoms with van der Waals surface area (Å²) in [6.07, 6.45) is 3.82. The molecule has 1 saturated carbocycles. The molecular formula is C10H19NO4S. The molecule has 1 N–H and O–H groups in total. The number of hydrogen-bond donors (Lipinski definition) is 1. The van der Waals surface area contributed by atoms with Gasteiger partial charge in [-0.1, -0.05) is 0 Å². The van der Waals surface area contributed by atoms with E-state index in [4.69, 9.17) is 4.74 Å². The van der Waals surface area contributed by atoms with Crippen LogP contribution in [0.1, 0.15) is 19.3 Å². The van der Waals surface area contributed by atoms with E-state index >= 15 is 0 Å². The number of hydrogen-bond acceptors (Lipinski definition) is 5. The SMILES string of the molecule is COC(=O)C(NCCCS(C)(=O)=O)C1CC1. The zero-order chi connectivity index (χ0) is 12.2. The molecule has 1 fully saturated rings. The first kappa shape index (κ1) is 13.4. The third kappa shape index (κ3) is 4.94. The number of nitrogens with one attached hydrogen (secondary N) is 1. The van der Waals surface area contributed by atoms with E-state index in [0.29, 0.717) is 18.9 Å². The van der Waals surface area contributed by atoms with Crippen LogP contribution >= 0.6 is 0 Å². The second-order valence-corrected chi connectivity index (χ2v) is 6.54. The number of esters is 1. The molecule has 1 aliphatic carbocycles. The number of sulfone groups is 1. The fourth-order valence-electron chi connectivity index (χ4n) is 1.59. The highest BCUT2D eigenvalue weighted by molar-refractivity contribution is 7.90. The molecule has 0 aromatic carbocycles. The normalized spacial score (nSPS) is 18.1. The van der Waals surface area contributed by atoms with Gasteiger partial charge in [-0.2, -0.15) is 0 Å². The third-order valence-electron chi connectivity index (χ3n) is 2.60. The van der Waals surface area contributed by atoms with Gasteiger partial charge in [0.05, 0.1) is 12.9 Å². The summed E-state index contributed by atoms with van der Waals surface area (Å²) in [7, 11) is -1.54. The molecule has 0 radical (unpaired) electrons. The van der Waals surface area contributed by atoms with Crippen molar-refractivity contribution in [3.8, 4) is 0 Å². The molecular weight excluding hydrogens is 230 g/mol. The zero-order valence-corrected chi connectivity index (χ0v) is 10.5. The summed E-state index contributed by atoms with van der Waals surface area (Å²) >= 11 is 0. The predicted octanol–water partition coefficient (Wildman–Crippen LogP) is -0.0377. The van der Waals surface area contributed by atoms with Gasteiger partial charge in [0, 0.05) is 6.26 Å². The molecule has 1 unspecified atom stereocenters. The van der Waals surface area contributed by atoms with Crippen molar-refractivity contribution >= 4 is 15.8 Å². The summed E-state index contributed by atoms with van der Waals surface area (Å²) in [5.74, 6) is 0.269. The number of rotatable bonds is 7. The Balaban J connectivity index is 2.25. The summed E-state index contributed by atoms with van der Waals surface area (Å²) in [6, 6.07) is -0.260. The van der Waals surface area contributed by atoms with Crippen molar-refractivity contribution < 1.29 is 17.9 Å². The molecule has 1 rings (SSSR count). The monoisotopic (exact) mass is 249 g/mol. The average Bonchev–Trinajstić information content (AvgIpc) is 2.99. The number of ether oxygens (including phenoxy) is 1. The predicted molar refractivity (Wildman–Crippen MR) is 60.9 cm³/mol. The Kier molecular flexibility index (Phi) is 4.73. The Morgan fingerprint density at radius 1 is 1.50 bits per heavy atom. The fourth-order valence-corrected chi connectivity index (χ4v) is 2.26. The van der Waals surface area contributed by atoms with Gasteiger partial charge in [-0.15, -0.1) is 0 Å². The minimum atomic E-state index is -2.91. The summed E-state index contributed by atoms with van der Waals surface area (Å²) in [4.78, 5) is 11.4. The second-order valence-electron chi connectivity index (χ2n) is 4.28. The maximum Gasteiger partial charge on any atom is 0.323 e. The van der Waals surface area contributed by atoms with E-state index in [2.05, 4.69) is 5.32 Å². The van der Waals surface area contributed by atoms with Crippen molar-refractivity contribution in [1.29, 1.82) is 0 Å². The molecule has 0 aromatic rings. The molecule has 0 saturated heterocycles. The summed E-state index contributed by atoms with van der Waals surface area (Å²) in [5.41, 5.74) is 0. The van der Waals surface area contributed by atoms with Crippen molar-refractivity contribution in [2.75, 3.05) is 25.7 Å². The van der Waals surface area contributed by atoms with Crippen LogP contribution in [0.3, 0.4) is 0 Å². The third-order valence-corrected chi connectivity index (χ3v) is 3.63. The van der Waals surface area contributed by atoms with Gasteiger partial charge >= 0.3 is 5.97 Å². The van der Waals surface area contributed by atoms with Crippen LogP contribution in [0.4, 0.5) is 0 Å². The topological polar surface area (TPSA) is 72.5 Å². The number of methoxy groups -OCH3 is 1. The summed E-state index contributed by atoms with van der Waals surface area (Å²) < 4.78 is 26.5. The van der Waals surface area contributed by atoms with Gasteiger partial charge in [-0.3, -0.25) is 4.79 Å². The van der Waals surface area contributed by atoms with Gasteiger partial charge in [-0.25, -0.2) is 8.42 Å². The molecule has 6 heteroatoms. The largest absolute Gasteiger partial charge is 0.468 e. The Labute approximate surface area is 96.5 Å². The van der Waals surface area contributed by atoms with Gasteiger partial charge in [0.15, 0.2) is 0 Å². The van der Waals surface area contributed by atoms with Crippen LogP contribution in [-0.2, 0) is 19.4 Å². The lowest BCUT2D eigenvalue weighted by atomic mass is 10.2. The lowest BCUT2D eigenvalue weighted by molar-refractivity contribution is -0.143. The van der Waals surface area contributed by atoms with E-state index in [0.717, 1.165) is 12.8 Å². The van der Waals surface area contributed by atoms with E-state index in [-0.39, 0.29) is 17.8 Å². The molecule has 0 aromatic heterocycles. The van der Waals surface area contributed by atoms with Crippen LogP contribution in [0.25, 0.3) is 0 Å². The van der Waals surface area contributed by atoms with Crippen LogP contribution < -0.4 is 5.32 Å². The number of carbonyl (C=O) groups excluding carboxylic acids is 1. The van der Waals surface area contributed by atoms with Crippen LogP contribution in [0.2, 0.25) is 0 Å². The maximum absolute atomic E-state index is 11.4. The van der Waals surface area contributed by atoms with Crippen molar-refractivity contribution in [3.63, 3.8) is 0 Å². The fraction of sp³-hybridized carbons (Fsp3) is 0.900. The molecule has 1 atom stereocenters. The molecule has 0 spiro atoms. The van der Waals surface area contributed by atoms with E-state index in [1.165, 1.54) is 13.4 Å². The summed E-state index contributed by atoms with van der Waals surface area (Å²) in [6.45, 7) is 0.531. The first-order chi connectivity index (χ1) is 7.44. The van der Waals surface area contributed by atoms with Crippen LogP contribution in [0.5, 0.6) is 0 Å². The van der Waals surface area contributed by atoms with Crippen LogP contribution in [0.15, 0.2) is 0 Å². The molecule has 0 amide bonds. The minimum absolute atomic E-state index is 0.151. The zero-order valence-electron chi connectivity index (χ0n) is 9.73. The quantitative estimate of drug-likeness (QED) is 0.506. The van der Waals surface area contributed by atoms with E-state index in [1.807, 2.05) is 0 Å². The van der Waals surface area contributed by atoms with Gasteiger partial charge in [0.2, 0.25) is 0 Å². The van der Waals surface area contributed by atoms with Gasteiger partial charge in [0.1, 0.15) is 15.9 Å². The standard InChI is InChI=1S/C10H19NO4S/c1-15-10(12)9(8-4-5-8)11-6-3-7-16(2,13)14/h8-9,11H,3-7H2,1-2H3. The Hall–Kier alpha value is -0.620. The highest BCUT2D eigenvalue weighted by Crippen LogP contribution is 2.33. The second kappa shape index (κ2) is 5.63. The van der Waals surface area contributed by atoms with E-state index < -0.39 is 9.84 Å². The Morgan fingerprint density at radius 2 is 2.12 bits per heavy atom. The molecule has 5 nitrogen and oxygen atoms in total. The smallest absolute Gasteiger partial charge is 0.323 e. The van der Waals surface area contributed by atoms with Crippen LogP contribution in [0, 0.1) is 5.92 Å². The van der Waals surface area contributed by atoms with Crippen molar-refractivity contribution in [3.05, 3.63) is 0 Å². The minimum Gasteiger partial charge on any atom is -0.468 e. The molecule has 0 aliphatic heterocycles. The lowest BCUT2D eigenvalue weighted by Crippen LogP contribution is -2.40. The maximum atomic E-state index is 11.4. The molecule has 1 aliphatic rings. The summed E-state index contributed by atoms with van der Waals surface area (Å²) in [5, 5.41) is 3.07. The lowest BCUT2D eigenvalue weighted by Gasteiger charge is -2.15. The Morgan fingerprint density at radius 3 is 2.56 bits per heavy atom. The van der Waals surface area contributed by atoms with Crippen LogP contribution in [-0.4, -0.2) is 46.1 Å². The van der Waals surface area contributed by atoms with Gasteiger partial charge < -0.3 is 10.1 Å².